The zero-order chi connectivity index (χ0) is 22.4. The molecule has 0 atom stereocenters. The maximum absolute atomic E-state index is 13.4. The Morgan fingerprint density at radius 3 is 2.74 bits per heavy atom. The second kappa shape index (κ2) is 10.3. The van der Waals surface area contributed by atoms with Crippen LogP contribution in [0.25, 0.3) is 6.08 Å². The minimum absolute atomic E-state index is 0.104. The average Bonchev–Trinajstić information content (AvgIpc) is 2.74. The van der Waals surface area contributed by atoms with Gasteiger partial charge >= 0.3 is 0 Å². The fraction of sp³-hybridized carbons (Fsp3) is 0.0833. The van der Waals surface area contributed by atoms with Crippen molar-refractivity contribution >= 4 is 45.2 Å². The first-order valence-electron chi connectivity index (χ1n) is 9.22. The Morgan fingerprint density at radius 1 is 1.23 bits per heavy atom. The highest BCUT2D eigenvalue weighted by atomic mass is 79.9. The summed E-state index contributed by atoms with van der Waals surface area (Å²) in [5.41, 5.74) is 2.31. The number of nitriles is 1. The van der Waals surface area contributed by atoms with Crippen LogP contribution in [-0.2, 0) is 11.4 Å². The van der Waals surface area contributed by atoms with E-state index in [0.29, 0.717) is 33.1 Å². The molecule has 0 bridgehead atoms. The summed E-state index contributed by atoms with van der Waals surface area (Å²) in [6.45, 7) is 1.91. The first kappa shape index (κ1) is 22.5. The van der Waals surface area contributed by atoms with Crippen molar-refractivity contribution in [3.8, 4) is 11.8 Å². The Labute approximate surface area is 193 Å². The van der Waals surface area contributed by atoms with E-state index in [1.807, 2.05) is 6.07 Å². The van der Waals surface area contributed by atoms with Crippen LogP contribution in [0.1, 0.15) is 16.7 Å². The Hall–Kier alpha value is -3.14. The summed E-state index contributed by atoms with van der Waals surface area (Å²) in [5, 5.41) is 12.8. The molecule has 0 heterocycles. The van der Waals surface area contributed by atoms with E-state index >= 15 is 0 Å². The van der Waals surface area contributed by atoms with Gasteiger partial charge in [-0.25, -0.2) is 4.39 Å². The van der Waals surface area contributed by atoms with Crippen molar-refractivity contribution in [1.82, 2.24) is 0 Å². The summed E-state index contributed by atoms with van der Waals surface area (Å²) in [6.07, 6.45) is 1.45. The number of amides is 1. The monoisotopic (exact) mass is 498 g/mol. The number of ether oxygens (including phenoxy) is 1. The lowest BCUT2D eigenvalue weighted by Crippen LogP contribution is -2.14. The maximum Gasteiger partial charge on any atom is 0.266 e. The molecule has 0 aromatic heterocycles. The molecule has 0 saturated heterocycles. The molecule has 3 aromatic carbocycles. The van der Waals surface area contributed by atoms with E-state index in [9.17, 15) is 14.4 Å². The number of benzene rings is 3. The lowest BCUT2D eigenvalue weighted by Gasteiger charge is -2.11. The van der Waals surface area contributed by atoms with Gasteiger partial charge in [-0.15, -0.1) is 0 Å². The molecule has 156 valence electrons. The lowest BCUT2D eigenvalue weighted by molar-refractivity contribution is -0.112. The van der Waals surface area contributed by atoms with Gasteiger partial charge in [0.1, 0.15) is 29.8 Å². The summed E-state index contributed by atoms with van der Waals surface area (Å²) in [6, 6.07) is 18.4. The third kappa shape index (κ3) is 5.94. The highest BCUT2D eigenvalue weighted by Crippen LogP contribution is 2.28. The molecule has 0 fully saturated rings. The standard InChI is InChI=1S/C24H17BrClFN2O2/c1-15-21(26)6-3-7-22(15)29-24(30)18(13-28)11-17-12-19(25)8-9-23(17)31-14-16-4-2-5-20(27)10-16/h2-12H,14H2,1H3,(H,29,30)/b18-11-. The first-order chi connectivity index (χ1) is 14.9. The average molecular weight is 500 g/mol. The molecule has 0 aliphatic heterocycles. The topological polar surface area (TPSA) is 62.1 Å². The molecule has 4 nitrogen and oxygen atoms in total. The molecule has 0 aliphatic carbocycles. The van der Waals surface area contributed by atoms with Crippen molar-refractivity contribution in [2.24, 2.45) is 0 Å². The molecule has 1 N–H and O–H groups in total. The lowest BCUT2D eigenvalue weighted by atomic mass is 10.1. The predicted molar refractivity (Wildman–Crippen MR) is 123 cm³/mol. The van der Waals surface area contributed by atoms with Gasteiger partial charge in [0.2, 0.25) is 0 Å². The largest absolute Gasteiger partial charge is 0.488 e. The molecule has 3 aromatic rings. The van der Waals surface area contributed by atoms with Crippen LogP contribution in [-0.4, -0.2) is 5.91 Å². The van der Waals surface area contributed by atoms with Crippen LogP contribution < -0.4 is 10.1 Å². The summed E-state index contributed by atoms with van der Waals surface area (Å²) in [7, 11) is 0. The highest BCUT2D eigenvalue weighted by Gasteiger charge is 2.14. The Balaban J connectivity index is 1.85. The second-order valence-electron chi connectivity index (χ2n) is 6.64. The smallest absolute Gasteiger partial charge is 0.266 e. The van der Waals surface area contributed by atoms with Crippen LogP contribution in [0.5, 0.6) is 5.75 Å². The number of carbonyl (C=O) groups excluding carboxylic acids is 1. The van der Waals surface area contributed by atoms with E-state index in [1.54, 1.807) is 55.5 Å². The van der Waals surface area contributed by atoms with E-state index in [-0.39, 0.29) is 18.0 Å². The first-order valence-corrected chi connectivity index (χ1v) is 10.4. The zero-order valence-corrected chi connectivity index (χ0v) is 18.8. The van der Waals surface area contributed by atoms with Gasteiger partial charge < -0.3 is 10.1 Å². The van der Waals surface area contributed by atoms with Crippen molar-refractivity contribution < 1.29 is 13.9 Å². The quantitative estimate of drug-likeness (QED) is 0.304. The molecular formula is C24H17BrClFN2O2. The van der Waals surface area contributed by atoms with E-state index in [2.05, 4.69) is 21.2 Å². The van der Waals surface area contributed by atoms with Crippen molar-refractivity contribution in [3.63, 3.8) is 0 Å². The van der Waals surface area contributed by atoms with Crippen LogP contribution in [0.3, 0.4) is 0 Å². The van der Waals surface area contributed by atoms with E-state index in [1.165, 1.54) is 18.2 Å². The number of anilines is 1. The van der Waals surface area contributed by atoms with Gasteiger partial charge in [-0.3, -0.25) is 4.79 Å². The van der Waals surface area contributed by atoms with Crippen LogP contribution in [0.4, 0.5) is 10.1 Å². The van der Waals surface area contributed by atoms with Crippen molar-refractivity contribution in [2.45, 2.75) is 13.5 Å². The third-order valence-corrected chi connectivity index (χ3v) is 5.34. The summed E-state index contributed by atoms with van der Waals surface area (Å²) < 4.78 is 20.0. The molecule has 0 radical (unpaired) electrons. The molecule has 3 rings (SSSR count). The van der Waals surface area contributed by atoms with Crippen LogP contribution in [0.2, 0.25) is 5.02 Å². The molecule has 0 unspecified atom stereocenters. The molecule has 0 aliphatic rings. The minimum atomic E-state index is -0.566. The van der Waals surface area contributed by atoms with Crippen molar-refractivity contribution in [2.75, 3.05) is 5.32 Å². The number of carbonyl (C=O) groups is 1. The number of nitrogens with zero attached hydrogens (tertiary/aromatic N) is 1. The number of hydrogen-bond acceptors (Lipinski definition) is 3. The molecule has 0 saturated carbocycles. The number of nitrogens with one attached hydrogen (secondary N) is 1. The fourth-order valence-corrected chi connectivity index (χ4v) is 3.34. The highest BCUT2D eigenvalue weighted by molar-refractivity contribution is 9.10. The van der Waals surface area contributed by atoms with E-state index in [4.69, 9.17) is 16.3 Å². The van der Waals surface area contributed by atoms with Gasteiger partial charge in [0.05, 0.1) is 0 Å². The molecular weight excluding hydrogens is 483 g/mol. The number of halogens is 3. The van der Waals surface area contributed by atoms with Crippen LogP contribution in [0, 0.1) is 24.1 Å². The Kier molecular flexibility index (Phi) is 7.45. The minimum Gasteiger partial charge on any atom is -0.488 e. The van der Waals surface area contributed by atoms with E-state index in [0.717, 1.165) is 4.47 Å². The Bertz CT molecular complexity index is 1200. The van der Waals surface area contributed by atoms with Crippen LogP contribution >= 0.6 is 27.5 Å². The molecule has 7 heteroatoms. The predicted octanol–water partition coefficient (Wildman–Crippen LogP) is 6.67. The molecule has 0 spiro atoms. The van der Waals surface area contributed by atoms with Crippen molar-refractivity contribution in [3.05, 3.63) is 98.2 Å². The van der Waals surface area contributed by atoms with Gasteiger partial charge in [0.25, 0.3) is 5.91 Å². The summed E-state index contributed by atoms with van der Waals surface area (Å²) >= 11 is 9.49. The molecule has 31 heavy (non-hydrogen) atoms. The number of hydrogen-bond donors (Lipinski definition) is 1. The van der Waals surface area contributed by atoms with Crippen molar-refractivity contribution in [1.29, 1.82) is 5.26 Å². The van der Waals surface area contributed by atoms with Gasteiger partial charge in [0.15, 0.2) is 0 Å². The summed E-state index contributed by atoms with van der Waals surface area (Å²) in [4.78, 5) is 12.7. The Morgan fingerprint density at radius 2 is 2.00 bits per heavy atom. The zero-order valence-electron chi connectivity index (χ0n) is 16.5. The fourth-order valence-electron chi connectivity index (χ4n) is 2.79. The molecule has 1 amide bonds. The SMILES string of the molecule is Cc1c(Cl)cccc1NC(=O)/C(C#N)=C\c1cc(Br)ccc1OCc1cccc(F)c1. The normalized spacial score (nSPS) is 11.0. The third-order valence-electron chi connectivity index (χ3n) is 4.44. The number of rotatable bonds is 6. The summed E-state index contributed by atoms with van der Waals surface area (Å²) in [5.74, 6) is -0.465. The van der Waals surface area contributed by atoms with Gasteiger partial charge in [-0.05, 0) is 66.6 Å². The van der Waals surface area contributed by atoms with Crippen LogP contribution in [0.15, 0.2) is 70.7 Å². The van der Waals surface area contributed by atoms with E-state index < -0.39 is 5.91 Å². The van der Waals surface area contributed by atoms with Gasteiger partial charge in [0, 0.05) is 20.7 Å². The second-order valence-corrected chi connectivity index (χ2v) is 7.96. The van der Waals surface area contributed by atoms with Gasteiger partial charge in [-0.1, -0.05) is 45.7 Å². The van der Waals surface area contributed by atoms with Gasteiger partial charge in [-0.2, -0.15) is 5.26 Å². The maximum atomic E-state index is 13.4.